The zero-order valence-corrected chi connectivity index (χ0v) is 19.8. The second-order valence-corrected chi connectivity index (χ2v) is 10.9. The third kappa shape index (κ3) is 4.39. The second-order valence-electron chi connectivity index (χ2n) is 10.9. The molecule has 1 saturated heterocycles. The monoisotopic (exact) mass is 485 g/mol. The zero-order chi connectivity index (χ0) is 24.9. The highest BCUT2D eigenvalue weighted by atomic mass is 16.6. The first-order valence-electron chi connectivity index (χ1n) is 12.3. The standard InChI is InChI=1S/C25H31N3O7/c1-14-19(3-2-4-20(14)28(33)34)26-22(30)13-35-23(31)21-8-18(29)12-27(21)24(32)25-9-15-5-16(10-25)7-17(6-15)11-25/h2-4,15-18,21,29H,5-13H2,1H3,(H,26,30)/t15?,16?,17?,18?,21-,25?/m0/s1. The van der Waals surface area contributed by atoms with Crippen LogP contribution in [0, 0.1) is 40.2 Å². The Morgan fingerprint density at radius 2 is 1.77 bits per heavy atom. The topological polar surface area (TPSA) is 139 Å². The van der Waals surface area contributed by atoms with Crippen LogP contribution in [-0.2, 0) is 19.1 Å². The van der Waals surface area contributed by atoms with Crippen molar-refractivity contribution in [3.63, 3.8) is 0 Å². The number of rotatable bonds is 6. The van der Waals surface area contributed by atoms with Crippen molar-refractivity contribution in [2.75, 3.05) is 18.5 Å². The fourth-order valence-electron chi connectivity index (χ4n) is 7.31. The molecule has 10 heteroatoms. The van der Waals surface area contributed by atoms with Crippen molar-refractivity contribution < 1.29 is 29.2 Å². The van der Waals surface area contributed by atoms with Crippen molar-refractivity contribution in [3.8, 4) is 0 Å². The van der Waals surface area contributed by atoms with Crippen LogP contribution in [0.1, 0.15) is 50.5 Å². The van der Waals surface area contributed by atoms with E-state index in [0.717, 1.165) is 19.3 Å². The van der Waals surface area contributed by atoms with E-state index in [1.54, 1.807) is 0 Å². The quantitative estimate of drug-likeness (QED) is 0.359. The van der Waals surface area contributed by atoms with Crippen molar-refractivity contribution in [3.05, 3.63) is 33.9 Å². The van der Waals surface area contributed by atoms with Crippen molar-refractivity contribution >= 4 is 29.2 Å². The number of hydrogen-bond donors (Lipinski definition) is 2. The highest BCUT2D eigenvalue weighted by molar-refractivity contribution is 5.95. The molecule has 35 heavy (non-hydrogen) atoms. The molecule has 4 bridgehead atoms. The van der Waals surface area contributed by atoms with Crippen LogP contribution in [0.4, 0.5) is 11.4 Å². The maximum Gasteiger partial charge on any atom is 0.329 e. The van der Waals surface area contributed by atoms with Gasteiger partial charge in [-0.2, -0.15) is 0 Å². The molecule has 5 fully saturated rings. The van der Waals surface area contributed by atoms with E-state index < -0.39 is 41.0 Å². The highest BCUT2D eigenvalue weighted by Gasteiger charge is 2.57. The number of likely N-dealkylation sites (tertiary alicyclic amines) is 1. The van der Waals surface area contributed by atoms with E-state index in [9.17, 15) is 29.6 Å². The lowest BCUT2D eigenvalue weighted by molar-refractivity contribution is -0.385. The number of anilines is 1. The molecule has 1 aromatic carbocycles. The Morgan fingerprint density at radius 1 is 1.14 bits per heavy atom. The lowest BCUT2D eigenvalue weighted by Gasteiger charge is -2.56. The fraction of sp³-hybridized carbons (Fsp3) is 0.640. The normalized spacial score (nSPS) is 33.0. The van der Waals surface area contributed by atoms with Gasteiger partial charge in [0.05, 0.1) is 27.7 Å². The Bertz CT molecular complexity index is 1040. The number of ether oxygens (including phenoxy) is 1. The van der Waals surface area contributed by atoms with E-state index >= 15 is 0 Å². The molecule has 1 heterocycles. The molecule has 2 atom stereocenters. The molecule has 6 rings (SSSR count). The average Bonchev–Trinajstić information content (AvgIpc) is 3.19. The number of aliphatic hydroxyl groups excluding tert-OH is 1. The Hall–Kier alpha value is -3.01. The minimum Gasteiger partial charge on any atom is -0.454 e. The van der Waals surface area contributed by atoms with Crippen LogP contribution in [0.2, 0.25) is 0 Å². The molecule has 0 radical (unpaired) electrons. The predicted molar refractivity (Wildman–Crippen MR) is 124 cm³/mol. The summed E-state index contributed by atoms with van der Waals surface area (Å²) in [5.74, 6) is 0.314. The predicted octanol–water partition coefficient (Wildman–Crippen LogP) is 2.56. The van der Waals surface area contributed by atoms with Gasteiger partial charge in [-0.15, -0.1) is 0 Å². The van der Waals surface area contributed by atoms with E-state index in [-0.39, 0.29) is 30.2 Å². The molecule has 4 aliphatic carbocycles. The van der Waals surface area contributed by atoms with Gasteiger partial charge in [-0.1, -0.05) is 6.07 Å². The smallest absolute Gasteiger partial charge is 0.329 e. The van der Waals surface area contributed by atoms with Gasteiger partial charge in [0, 0.05) is 19.0 Å². The minimum atomic E-state index is -0.919. The summed E-state index contributed by atoms with van der Waals surface area (Å²) in [6.45, 7) is 1.03. The molecule has 1 unspecified atom stereocenters. The Balaban J connectivity index is 1.22. The van der Waals surface area contributed by atoms with Crippen molar-refractivity contribution in [1.29, 1.82) is 0 Å². The highest BCUT2D eigenvalue weighted by Crippen LogP contribution is 2.60. The van der Waals surface area contributed by atoms with Crippen LogP contribution in [-0.4, -0.2) is 58.0 Å². The first kappa shape index (κ1) is 23.7. The maximum atomic E-state index is 13.7. The van der Waals surface area contributed by atoms with Gasteiger partial charge in [0.1, 0.15) is 6.04 Å². The van der Waals surface area contributed by atoms with Gasteiger partial charge >= 0.3 is 5.97 Å². The molecule has 0 spiro atoms. The van der Waals surface area contributed by atoms with E-state index in [1.165, 1.54) is 49.3 Å². The van der Waals surface area contributed by atoms with Gasteiger partial charge < -0.3 is 20.1 Å². The number of nitrogens with zero attached hydrogens (tertiary/aromatic N) is 2. The van der Waals surface area contributed by atoms with Gasteiger partial charge in [0.15, 0.2) is 6.61 Å². The fourth-order valence-corrected chi connectivity index (χ4v) is 7.31. The van der Waals surface area contributed by atoms with Gasteiger partial charge in [-0.25, -0.2) is 4.79 Å². The number of nitro benzene ring substituents is 1. The first-order valence-corrected chi connectivity index (χ1v) is 12.3. The summed E-state index contributed by atoms with van der Waals surface area (Å²) in [6, 6.07) is 3.41. The Kier molecular flexibility index (Phi) is 6.03. The summed E-state index contributed by atoms with van der Waals surface area (Å²) in [4.78, 5) is 51.1. The summed E-state index contributed by atoms with van der Waals surface area (Å²) in [6.07, 6.45) is 5.43. The number of aliphatic hydroxyl groups is 1. The van der Waals surface area contributed by atoms with Crippen LogP contribution in [0.15, 0.2) is 18.2 Å². The molecular weight excluding hydrogens is 454 g/mol. The van der Waals surface area contributed by atoms with Gasteiger partial charge in [0.25, 0.3) is 11.6 Å². The lowest BCUT2D eigenvalue weighted by Crippen LogP contribution is -2.56. The summed E-state index contributed by atoms with van der Waals surface area (Å²) in [5, 5.41) is 23.9. The van der Waals surface area contributed by atoms with E-state index in [1.807, 2.05) is 0 Å². The molecule has 10 nitrogen and oxygen atoms in total. The Labute approximate surface area is 203 Å². The third-order valence-corrected chi connectivity index (χ3v) is 8.43. The van der Waals surface area contributed by atoms with Crippen molar-refractivity contribution in [2.24, 2.45) is 23.2 Å². The van der Waals surface area contributed by atoms with E-state index in [0.29, 0.717) is 23.3 Å². The minimum absolute atomic E-state index is 0.0493. The number of hydrogen-bond acceptors (Lipinski definition) is 7. The molecule has 2 N–H and O–H groups in total. The van der Waals surface area contributed by atoms with Crippen molar-refractivity contribution in [1.82, 2.24) is 4.90 Å². The summed E-state index contributed by atoms with van der Waals surface area (Å²) in [7, 11) is 0. The molecule has 4 saturated carbocycles. The lowest BCUT2D eigenvalue weighted by atomic mass is 9.49. The van der Waals surface area contributed by atoms with E-state index in [4.69, 9.17) is 4.74 Å². The third-order valence-electron chi connectivity index (χ3n) is 8.43. The number of carbonyl (C=O) groups is 3. The SMILES string of the molecule is Cc1c(NC(=O)COC(=O)[C@@H]2CC(O)CN2C(=O)C23CC4CC(CC(C4)C2)C3)cccc1[N+](=O)[O-]. The van der Waals surface area contributed by atoms with E-state index in [2.05, 4.69) is 5.32 Å². The summed E-state index contributed by atoms with van der Waals surface area (Å²) < 4.78 is 5.24. The molecule has 2 amide bonds. The Morgan fingerprint density at radius 3 is 2.37 bits per heavy atom. The number of nitrogens with one attached hydrogen (secondary N) is 1. The van der Waals surface area contributed by atoms with Crippen LogP contribution < -0.4 is 5.32 Å². The number of benzene rings is 1. The number of carbonyl (C=O) groups excluding carboxylic acids is 3. The number of nitro groups is 1. The van der Waals surface area contributed by atoms with Gasteiger partial charge in [0.2, 0.25) is 5.91 Å². The molecule has 1 aromatic rings. The molecule has 5 aliphatic rings. The summed E-state index contributed by atoms with van der Waals surface area (Å²) >= 11 is 0. The van der Waals surface area contributed by atoms with Crippen LogP contribution in [0.5, 0.6) is 0 Å². The van der Waals surface area contributed by atoms with Crippen molar-refractivity contribution in [2.45, 2.75) is 64.0 Å². The summed E-state index contributed by atoms with van der Waals surface area (Å²) in [5.41, 5.74) is -0.00831. The van der Waals surface area contributed by atoms with Gasteiger partial charge in [-0.3, -0.25) is 19.7 Å². The molecule has 188 valence electrons. The second kappa shape index (κ2) is 8.89. The molecule has 1 aliphatic heterocycles. The number of amides is 2. The average molecular weight is 486 g/mol. The number of β-amino-alcohol motifs (C(OH)–C–C–N with tert-alkyl or cyclic N) is 1. The number of esters is 1. The zero-order valence-electron chi connectivity index (χ0n) is 19.8. The largest absolute Gasteiger partial charge is 0.454 e. The molecular formula is C25H31N3O7. The van der Waals surface area contributed by atoms with Crippen LogP contribution in [0.25, 0.3) is 0 Å². The van der Waals surface area contributed by atoms with Gasteiger partial charge in [-0.05, 0) is 69.3 Å². The molecule has 0 aromatic heterocycles. The van der Waals surface area contributed by atoms with Crippen LogP contribution >= 0.6 is 0 Å². The first-order chi connectivity index (χ1) is 16.6. The van der Waals surface area contributed by atoms with Crippen LogP contribution in [0.3, 0.4) is 0 Å². The maximum absolute atomic E-state index is 13.7.